The summed E-state index contributed by atoms with van der Waals surface area (Å²) < 4.78 is 24.0. The minimum absolute atomic E-state index is 0.0300. The summed E-state index contributed by atoms with van der Waals surface area (Å²) in [5, 5.41) is 27.7. The van der Waals surface area contributed by atoms with Crippen molar-refractivity contribution >= 4 is 21.4 Å². The molecule has 2 rings (SSSR count). The minimum Gasteiger partial charge on any atom is -0.508 e. The molecule has 3 N–H and O–H groups in total. The number of aliphatic hydroxyl groups is 1. The first-order valence-corrected chi connectivity index (χ1v) is 6.45. The number of phenolic OH excluding ortho intramolecular Hbond substituents is 1. The molecule has 1 unspecified atom stereocenters. The van der Waals surface area contributed by atoms with Crippen molar-refractivity contribution in [3.8, 4) is 5.75 Å². The Morgan fingerprint density at radius 2 is 1.94 bits per heavy atom. The van der Waals surface area contributed by atoms with Crippen molar-refractivity contribution in [2.45, 2.75) is 17.9 Å². The second kappa shape index (κ2) is 3.82. The molecule has 0 aromatic heterocycles. The monoisotopic (exact) mass is 270 g/mol. The summed E-state index contributed by atoms with van der Waals surface area (Å²) in [4.78, 5) is 10.5. The van der Waals surface area contributed by atoms with E-state index in [0.29, 0.717) is 0 Å². The van der Waals surface area contributed by atoms with Crippen LogP contribution in [0.4, 0.5) is 0 Å². The first kappa shape index (κ1) is 12.6. The lowest BCUT2D eigenvalue weighted by atomic mass is 10.0. The van der Waals surface area contributed by atoms with E-state index in [1.165, 1.54) is 19.1 Å². The highest BCUT2D eigenvalue weighted by atomic mass is 32.2. The van der Waals surface area contributed by atoms with Gasteiger partial charge >= 0.3 is 5.97 Å². The van der Waals surface area contributed by atoms with Crippen molar-refractivity contribution in [1.82, 2.24) is 0 Å². The number of benzene rings is 1. The van der Waals surface area contributed by atoms with Crippen LogP contribution in [0.3, 0.4) is 0 Å². The molecule has 0 saturated carbocycles. The van der Waals surface area contributed by atoms with Crippen LogP contribution in [-0.4, -0.2) is 35.8 Å². The van der Waals surface area contributed by atoms with Crippen LogP contribution < -0.4 is 0 Å². The molecule has 1 aromatic rings. The van der Waals surface area contributed by atoms with E-state index >= 15 is 0 Å². The van der Waals surface area contributed by atoms with Gasteiger partial charge < -0.3 is 15.3 Å². The maximum Gasteiger partial charge on any atom is 0.337 e. The van der Waals surface area contributed by atoms with Crippen LogP contribution in [0.2, 0.25) is 0 Å². The molecule has 1 atom stereocenters. The molecule has 0 bridgehead atoms. The number of carboxylic acid groups (broad SMARTS) is 1. The molecule has 0 amide bonds. The van der Waals surface area contributed by atoms with Gasteiger partial charge in [-0.2, -0.15) is 0 Å². The molecule has 1 aliphatic rings. The summed E-state index contributed by atoms with van der Waals surface area (Å²) in [6, 6.07) is 3.51. The first-order valence-electron chi connectivity index (χ1n) is 4.97. The Morgan fingerprint density at radius 1 is 1.33 bits per heavy atom. The van der Waals surface area contributed by atoms with Gasteiger partial charge in [-0.15, -0.1) is 0 Å². The van der Waals surface area contributed by atoms with Crippen molar-refractivity contribution in [2.75, 3.05) is 0 Å². The van der Waals surface area contributed by atoms with Gasteiger partial charge in [0.1, 0.15) is 5.75 Å². The van der Waals surface area contributed by atoms with Gasteiger partial charge in [-0.05, 0) is 25.1 Å². The molecule has 0 aliphatic carbocycles. The van der Waals surface area contributed by atoms with E-state index < -0.39 is 21.9 Å². The zero-order valence-corrected chi connectivity index (χ0v) is 10.1. The minimum atomic E-state index is -3.78. The number of phenols is 1. The zero-order chi connectivity index (χ0) is 13.7. The third kappa shape index (κ3) is 1.59. The van der Waals surface area contributed by atoms with Crippen LogP contribution >= 0.6 is 0 Å². The second-order valence-corrected chi connectivity index (χ2v) is 5.95. The summed E-state index contributed by atoms with van der Waals surface area (Å²) in [5.74, 6) is -1.75. The number of carbonyl (C=O) groups is 1. The van der Waals surface area contributed by atoms with E-state index in [9.17, 15) is 23.4 Å². The molecule has 0 spiro atoms. The summed E-state index contributed by atoms with van der Waals surface area (Å²) in [7, 11) is -3.78. The Bertz CT molecular complexity index is 671. The average Bonchev–Trinajstić information content (AvgIpc) is 2.46. The topological polar surface area (TPSA) is 112 Å². The number of hydrogen-bond donors (Lipinski definition) is 3. The van der Waals surface area contributed by atoms with Gasteiger partial charge in [0.15, 0.2) is 6.10 Å². The summed E-state index contributed by atoms with van der Waals surface area (Å²) in [6.45, 7) is 1.23. The molecular weight excluding hydrogens is 260 g/mol. The fourth-order valence-corrected chi connectivity index (χ4v) is 3.47. The number of hydrogen-bond acceptors (Lipinski definition) is 5. The van der Waals surface area contributed by atoms with E-state index in [1.807, 2.05) is 0 Å². The van der Waals surface area contributed by atoms with Gasteiger partial charge in [0.25, 0.3) is 0 Å². The van der Waals surface area contributed by atoms with Gasteiger partial charge in [0, 0.05) is 11.1 Å². The van der Waals surface area contributed by atoms with Crippen molar-refractivity contribution in [1.29, 1.82) is 0 Å². The van der Waals surface area contributed by atoms with Crippen molar-refractivity contribution in [3.63, 3.8) is 0 Å². The normalized spacial score (nSPS) is 18.6. The highest BCUT2D eigenvalue weighted by Crippen LogP contribution is 2.41. The molecule has 18 heavy (non-hydrogen) atoms. The molecule has 6 nitrogen and oxygen atoms in total. The largest absolute Gasteiger partial charge is 0.508 e. The lowest BCUT2D eigenvalue weighted by Crippen LogP contribution is -2.21. The molecule has 0 fully saturated rings. The number of aromatic hydroxyl groups is 1. The van der Waals surface area contributed by atoms with Crippen LogP contribution in [0.5, 0.6) is 5.75 Å². The molecule has 0 saturated heterocycles. The number of aliphatic hydroxyl groups excluding tert-OH is 1. The predicted octanol–water partition coefficient (Wildman–Crippen LogP) is 0.356. The fraction of sp³-hybridized carbons (Fsp3) is 0.182. The van der Waals surface area contributed by atoms with Crippen molar-refractivity contribution in [2.24, 2.45) is 0 Å². The zero-order valence-electron chi connectivity index (χ0n) is 9.28. The number of rotatable bonds is 2. The van der Waals surface area contributed by atoms with Crippen LogP contribution in [0.25, 0.3) is 5.57 Å². The van der Waals surface area contributed by atoms with Gasteiger partial charge in [-0.3, -0.25) is 0 Å². The first-order chi connectivity index (χ1) is 8.26. The van der Waals surface area contributed by atoms with Crippen LogP contribution in [-0.2, 0) is 14.6 Å². The maximum atomic E-state index is 12.0. The smallest absolute Gasteiger partial charge is 0.337 e. The highest BCUT2D eigenvalue weighted by Gasteiger charge is 2.38. The predicted molar refractivity (Wildman–Crippen MR) is 61.5 cm³/mol. The van der Waals surface area contributed by atoms with Crippen LogP contribution in [0, 0.1) is 0 Å². The average molecular weight is 270 g/mol. The molecule has 1 heterocycles. The third-order valence-electron chi connectivity index (χ3n) is 2.83. The molecule has 1 aromatic carbocycles. The van der Waals surface area contributed by atoms with Crippen LogP contribution in [0.15, 0.2) is 28.0 Å². The number of fused-ring (bicyclic) bond motifs is 1. The van der Waals surface area contributed by atoms with Gasteiger partial charge in [-0.25, -0.2) is 13.2 Å². The van der Waals surface area contributed by atoms with E-state index in [0.717, 1.165) is 6.07 Å². The fourth-order valence-electron chi connectivity index (χ4n) is 1.93. The Morgan fingerprint density at radius 3 is 2.50 bits per heavy atom. The second-order valence-electron chi connectivity index (χ2n) is 3.89. The van der Waals surface area contributed by atoms with Gasteiger partial charge in [-0.1, -0.05) is 0 Å². The Balaban J connectivity index is 2.79. The molecule has 1 aliphatic heterocycles. The van der Waals surface area contributed by atoms with Gasteiger partial charge in [0.05, 0.1) is 9.80 Å². The number of sulfone groups is 1. The summed E-state index contributed by atoms with van der Waals surface area (Å²) in [6.07, 6.45) is -1.94. The SMILES string of the molecule is CC1=C(C(O)C(=O)O)c2cc(O)ccc2S1(=O)=O. The Labute approximate surface area is 103 Å². The van der Waals surface area contributed by atoms with E-state index in [4.69, 9.17) is 5.11 Å². The molecule has 7 heteroatoms. The Hall–Kier alpha value is -1.86. The van der Waals surface area contributed by atoms with Crippen LogP contribution in [0.1, 0.15) is 12.5 Å². The van der Waals surface area contributed by atoms with E-state index in [2.05, 4.69) is 0 Å². The molecule has 0 radical (unpaired) electrons. The summed E-state index contributed by atoms with van der Waals surface area (Å²) in [5.41, 5.74) is -0.171. The summed E-state index contributed by atoms with van der Waals surface area (Å²) >= 11 is 0. The van der Waals surface area contributed by atoms with Crippen molar-refractivity contribution < 1.29 is 28.5 Å². The van der Waals surface area contributed by atoms with Crippen molar-refractivity contribution in [3.05, 3.63) is 28.7 Å². The lowest BCUT2D eigenvalue weighted by Gasteiger charge is -2.09. The molecule has 96 valence electrons. The number of aliphatic carboxylic acids is 1. The maximum absolute atomic E-state index is 12.0. The third-order valence-corrected chi connectivity index (χ3v) is 4.79. The van der Waals surface area contributed by atoms with Gasteiger partial charge in [0.2, 0.25) is 9.84 Å². The quantitative estimate of drug-likeness (QED) is 0.715. The van der Waals surface area contributed by atoms with E-state index in [1.54, 1.807) is 0 Å². The lowest BCUT2D eigenvalue weighted by molar-refractivity contribution is -0.143. The van der Waals surface area contributed by atoms with E-state index in [-0.39, 0.29) is 26.7 Å². The molecular formula is C11H10O6S. The Kier molecular flexibility index (Phi) is 2.67. The number of allylic oxidation sites excluding steroid dienone is 1. The standard InChI is InChI=1S/C11H10O6S/c1-5-9(10(13)11(14)15)7-4-6(12)2-3-8(7)18(5,16)17/h2-4,10,12-13H,1H3,(H,14,15). The highest BCUT2D eigenvalue weighted by molar-refractivity contribution is 7.95. The number of carboxylic acids is 1.